The number of alkyl halides is 3. The van der Waals surface area contributed by atoms with Crippen LogP contribution in [0.4, 0.5) is 13.2 Å². The van der Waals surface area contributed by atoms with Crippen molar-refractivity contribution in [2.24, 2.45) is 0 Å². The Kier molecular flexibility index (Phi) is 5.25. The summed E-state index contributed by atoms with van der Waals surface area (Å²) in [7, 11) is 0. The van der Waals surface area contributed by atoms with Crippen molar-refractivity contribution in [2.45, 2.75) is 51.7 Å². The van der Waals surface area contributed by atoms with E-state index in [0.29, 0.717) is 31.5 Å². The second-order valence-electron chi connectivity index (χ2n) is 7.65. The van der Waals surface area contributed by atoms with Crippen molar-refractivity contribution >= 4 is 17.0 Å². The van der Waals surface area contributed by atoms with Gasteiger partial charge in [0.25, 0.3) is 5.71 Å². The lowest BCUT2D eigenvalue weighted by atomic mass is 9.91. The topological polar surface area (TPSA) is 77.0 Å². The molecule has 3 aromatic heterocycles. The summed E-state index contributed by atoms with van der Waals surface area (Å²) in [5.74, 6) is -0.475. The summed E-state index contributed by atoms with van der Waals surface area (Å²) in [6, 6.07) is 1.06. The maximum absolute atomic E-state index is 13.7. The van der Waals surface area contributed by atoms with Gasteiger partial charge in [0.1, 0.15) is 6.54 Å². The van der Waals surface area contributed by atoms with E-state index < -0.39 is 11.7 Å². The van der Waals surface area contributed by atoms with E-state index in [1.165, 1.54) is 0 Å². The van der Waals surface area contributed by atoms with Crippen LogP contribution in [0.1, 0.15) is 48.2 Å². The predicted molar refractivity (Wildman–Crippen MR) is 102 cm³/mol. The lowest BCUT2D eigenvalue weighted by molar-refractivity contribution is -0.136. The fraction of sp³-hybridized carbons (Fsp3) is 0.500. The average molecular weight is 421 g/mol. The molecule has 0 aromatic carbocycles. The molecule has 4 rings (SSSR count). The van der Waals surface area contributed by atoms with Crippen LogP contribution in [0.5, 0.6) is 0 Å². The summed E-state index contributed by atoms with van der Waals surface area (Å²) in [5.41, 5.74) is 0.586. The standard InChI is InChI=1S/C20H22F3N5O2/c1-3-14-7-15(20(21,22)23)17-18(26-30-19(17)25-14)13-5-4-6-27(10-13)16(29)11-28-9-12(2)8-24-28/h7-9,13H,3-6,10-11H2,1-2H3/t13-/m0/s1. The van der Waals surface area contributed by atoms with Gasteiger partial charge in [-0.05, 0) is 37.8 Å². The normalized spacial score (nSPS) is 17.6. The van der Waals surface area contributed by atoms with Crippen LogP contribution in [0.15, 0.2) is 23.0 Å². The first-order valence-electron chi connectivity index (χ1n) is 9.89. The van der Waals surface area contributed by atoms with Gasteiger partial charge in [-0.25, -0.2) is 4.98 Å². The first-order chi connectivity index (χ1) is 14.3. The number of carbonyl (C=O) groups is 1. The Balaban J connectivity index is 1.62. The maximum Gasteiger partial charge on any atom is 0.417 e. The van der Waals surface area contributed by atoms with Crippen LogP contribution in [0.25, 0.3) is 11.1 Å². The van der Waals surface area contributed by atoms with Gasteiger partial charge in [-0.3, -0.25) is 9.48 Å². The number of nitrogens with zero attached hydrogens (tertiary/aromatic N) is 5. The number of likely N-dealkylation sites (tertiary alicyclic amines) is 1. The minimum Gasteiger partial charge on any atom is -0.340 e. The number of amides is 1. The second kappa shape index (κ2) is 7.73. The number of rotatable bonds is 4. The molecule has 160 valence electrons. The Hall–Kier alpha value is -2.91. The van der Waals surface area contributed by atoms with Gasteiger partial charge < -0.3 is 9.42 Å². The fourth-order valence-electron chi connectivity index (χ4n) is 3.93. The molecule has 0 spiro atoms. The monoisotopic (exact) mass is 421 g/mol. The van der Waals surface area contributed by atoms with Crippen LogP contribution < -0.4 is 0 Å². The predicted octanol–water partition coefficient (Wildman–Crippen LogP) is 3.72. The zero-order chi connectivity index (χ0) is 21.5. The zero-order valence-electron chi connectivity index (χ0n) is 16.7. The summed E-state index contributed by atoms with van der Waals surface area (Å²) < 4.78 is 48.0. The second-order valence-corrected chi connectivity index (χ2v) is 7.65. The third-order valence-corrected chi connectivity index (χ3v) is 5.41. The quantitative estimate of drug-likeness (QED) is 0.642. The Bertz CT molecular complexity index is 1070. The van der Waals surface area contributed by atoms with E-state index in [2.05, 4.69) is 15.2 Å². The molecule has 3 aromatic rings. The molecule has 0 aliphatic carbocycles. The molecule has 1 aliphatic rings. The fourth-order valence-corrected chi connectivity index (χ4v) is 3.93. The lowest BCUT2D eigenvalue weighted by Gasteiger charge is -2.32. The van der Waals surface area contributed by atoms with Crippen LogP contribution in [0.2, 0.25) is 0 Å². The van der Waals surface area contributed by atoms with Crippen LogP contribution >= 0.6 is 0 Å². The molecule has 7 nitrogen and oxygen atoms in total. The number of hydrogen-bond donors (Lipinski definition) is 0. The molecule has 0 N–H and O–H groups in total. The summed E-state index contributed by atoms with van der Waals surface area (Å²) in [5, 5.41) is 7.98. The molecular weight excluding hydrogens is 399 g/mol. The van der Waals surface area contributed by atoms with Gasteiger partial charge in [0.05, 0.1) is 22.8 Å². The van der Waals surface area contributed by atoms with Crippen LogP contribution in [-0.2, 0) is 23.9 Å². The molecule has 0 unspecified atom stereocenters. The first kappa shape index (κ1) is 20.4. The van der Waals surface area contributed by atoms with Gasteiger partial charge in [0.2, 0.25) is 5.91 Å². The van der Waals surface area contributed by atoms with E-state index in [1.54, 1.807) is 28.9 Å². The maximum atomic E-state index is 13.7. The lowest BCUT2D eigenvalue weighted by Crippen LogP contribution is -2.41. The van der Waals surface area contributed by atoms with Gasteiger partial charge >= 0.3 is 6.18 Å². The Labute approximate surface area is 170 Å². The number of aromatic nitrogens is 4. The molecule has 0 bridgehead atoms. The molecule has 1 amide bonds. The summed E-state index contributed by atoms with van der Waals surface area (Å²) >= 11 is 0. The van der Waals surface area contributed by atoms with Gasteiger partial charge in [0, 0.05) is 30.9 Å². The van der Waals surface area contributed by atoms with Gasteiger partial charge in [-0.2, -0.15) is 18.3 Å². The van der Waals surface area contributed by atoms with Crippen molar-refractivity contribution in [3.05, 3.63) is 41.0 Å². The van der Waals surface area contributed by atoms with Gasteiger partial charge in [-0.15, -0.1) is 0 Å². The minimum absolute atomic E-state index is 0.0926. The number of hydrogen-bond acceptors (Lipinski definition) is 5. The van der Waals surface area contributed by atoms with Crippen molar-refractivity contribution in [3.63, 3.8) is 0 Å². The third kappa shape index (κ3) is 3.90. The summed E-state index contributed by atoms with van der Waals surface area (Å²) in [4.78, 5) is 18.5. The van der Waals surface area contributed by atoms with E-state index in [1.807, 2.05) is 6.92 Å². The SMILES string of the molecule is CCc1cc(C(F)(F)F)c2c([C@H]3CCCN(C(=O)Cn4cc(C)cn4)C3)noc2n1. The number of pyridine rings is 1. The molecule has 10 heteroatoms. The Morgan fingerprint density at radius 2 is 2.17 bits per heavy atom. The molecule has 30 heavy (non-hydrogen) atoms. The van der Waals surface area contributed by atoms with E-state index in [4.69, 9.17) is 4.52 Å². The van der Waals surface area contributed by atoms with Crippen LogP contribution in [0, 0.1) is 6.92 Å². The number of carbonyl (C=O) groups excluding carboxylic acids is 1. The Morgan fingerprint density at radius 3 is 2.83 bits per heavy atom. The van der Waals surface area contributed by atoms with Crippen molar-refractivity contribution in [3.8, 4) is 0 Å². The minimum atomic E-state index is -4.55. The van der Waals surface area contributed by atoms with Gasteiger partial charge in [0.15, 0.2) is 0 Å². The van der Waals surface area contributed by atoms with Crippen molar-refractivity contribution in [1.29, 1.82) is 0 Å². The van der Waals surface area contributed by atoms with E-state index in [9.17, 15) is 18.0 Å². The highest BCUT2D eigenvalue weighted by Gasteiger charge is 2.38. The highest BCUT2D eigenvalue weighted by molar-refractivity contribution is 5.82. The highest BCUT2D eigenvalue weighted by atomic mass is 19.4. The Morgan fingerprint density at radius 1 is 1.37 bits per heavy atom. The largest absolute Gasteiger partial charge is 0.417 e. The number of piperidine rings is 1. The number of fused-ring (bicyclic) bond motifs is 1. The van der Waals surface area contributed by atoms with E-state index in [0.717, 1.165) is 11.6 Å². The molecule has 4 heterocycles. The highest BCUT2D eigenvalue weighted by Crippen LogP contribution is 2.40. The molecule has 0 radical (unpaired) electrons. The molecule has 1 aliphatic heterocycles. The van der Waals surface area contributed by atoms with E-state index >= 15 is 0 Å². The first-order valence-corrected chi connectivity index (χ1v) is 9.89. The third-order valence-electron chi connectivity index (χ3n) is 5.41. The molecule has 1 saturated heterocycles. The summed E-state index contributed by atoms with van der Waals surface area (Å²) in [6.45, 7) is 4.55. The van der Waals surface area contributed by atoms with Crippen molar-refractivity contribution < 1.29 is 22.5 Å². The van der Waals surface area contributed by atoms with Crippen molar-refractivity contribution in [2.75, 3.05) is 13.1 Å². The zero-order valence-corrected chi connectivity index (χ0v) is 16.7. The van der Waals surface area contributed by atoms with Gasteiger partial charge in [-0.1, -0.05) is 12.1 Å². The number of aryl methyl sites for hydroxylation is 2. The van der Waals surface area contributed by atoms with Crippen LogP contribution in [-0.4, -0.2) is 43.8 Å². The molecule has 0 saturated carbocycles. The van der Waals surface area contributed by atoms with Crippen LogP contribution in [0.3, 0.4) is 0 Å². The van der Waals surface area contributed by atoms with E-state index in [-0.39, 0.29) is 41.7 Å². The molecular formula is C20H22F3N5O2. The molecule has 1 fully saturated rings. The number of halogens is 3. The smallest absolute Gasteiger partial charge is 0.340 e. The van der Waals surface area contributed by atoms with Crippen molar-refractivity contribution in [1.82, 2.24) is 24.8 Å². The summed E-state index contributed by atoms with van der Waals surface area (Å²) in [6.07, 6.45) is 0.548. The average Bonchev–Trinajstić information content (AvgIpc) is 3.32. The molecule has 1 atom stereocenters.